The second-order valence-electron chi connectivity index (χ2n) is 5.96. The first-order chi connectivity index (χ1) is 9.90. The van der Waals surface area contributed by atoms with Crippen molar-refractivity contribution in [3.63, 3.8) is 0 Å². The van der Waals surface area contributed by atoms with Gasteiger partial charge in [0.2, 0.25) is 0 Å². The molecule has 1 aromatic rings. The number of alkyl halides is 2. The molecule has 22 heavy (non-hydrogen) atoms. The molecule has 122 valence electrons. The Hall–Kier alpha value is -2.18. The molecule has 0 spiro atoms. The van der Waals surface area contributed by atoms with Gasteiger partial charge in [0.05, 0.1) is 0 Å². The van der Waals surface area contributed by atoms with Gasteiger partial charge in [0, 0.05) is 12.1 Å². The third kappa shape index (κ3) is 5.31. The summed E-state index contributed by atoms with van der Waals surface area (Å²) in [6, 6.07) is 4.19. The first kappa shape index (κ1) is 17.9. The number of benzene rings is 1. The van der Waals surface area contributed by atoms with Crippen LogP contribution >= 0.6 is 0 Å². The highest BCUT2D eigenvalue weighted by atomic mass is 19.3. The molecule has 0 unspecified atom stereocenters. The van der Waals surface area contributed by atoms with E-state index in [0.717, 1.165) is 0 Å². The fraction of sp³-hybridized carbons (Fsp3) is 0.467. The number of hydrogen-bond donors (Lipinski definition) is 2. The predicted molar refractivity (Wildman–Crippen MR) is 77.3 cm³/mol. The summed E-state index contributed by atoms with van der Waals surface area (Å²) in [5.41, 5.74) is 0.461. The van der Waals surface area contributed by atoms with E-state index in [1.807, 2.05) is 0 Å². The first-order valence-corrected chi connectivity index (χ1v) is 6.61. The number of aryl methyl sites for hydroxylation is 1. The van der Waals surface area contributed by atoms with Crippen molar-refractivity contribution in [2.24, 2.45) is 0 Å². The number of carboxylic acids is 1. The molecule has 0 bridgehead atoms. The summed E-state index contributed by atoms with van der Waals surface area (Å²) in [4.78, 5) is 22.1. The van der Waals surface area contributed by atoms with Crippen LogP contribution in [-0.2, 0) is 16.0 Å². The number of amides is 1. The topological polar surface area (TPSA) is 75.6 Å². The third-order valence-electron chi connectivity index (χ3n) is 2.67. The molecule has 0 aliphatic rings. The van der Waals surface area contributed by atoms with Gasteiger partial charge in [-0.1, -0.05) is 12.1 Å². The van der Waals surface area contributed by atoms with E-state index >= 15 is 0 Å². The van der Waals surface area contributed by atoms with Crippen LogP contribution in [0.25, 0.3) is 0 Å². The standard InChI is InChI=1S/C15H19F2NO4/c1-9-7-10(8-15(16,17)12(19)20)5-6-11(9)18-13(21)22-14(2,3)4/h5-7H,8H2,1-4H3,(H,18,21)(H,19,20). The Labute approximate surface area is 127 Å². The molecule has 0 fully saturated rings. The second kappa shape index (κ2) is 6.29. The fourth-order valence-electron chi connectivity index (χ4n) is 1.72. The zero-order valence-electron chi connectivity index (χ0n) is 12.9. The van der Waals surface area contributed by atoms with Gasteiger partial charge >= 0.3 is 18.0 Å². The van der Waals surface area contributed by atoms with Gasteiger partial charge in [-0.2, -0.15) is 8.78 Å². The van der Waals surface area contributed by atoms with Gasteiger partial charge < -0.3 is 9.84 Å². The fourth-order valence-corrected chi connectivity index (χ4v) is 1.72. The molecule has 0 saturated carbocycles. The summed E-state index contributed by atoms with van der Waals surface area (Å²) in [6.45, 7) is 6.78. The van der Waals surface area contributed by atoms with E-state index in [1.54, 1.807) is 27.7 Å². The summed E-state index contributed by atoms with van der Waals surface area (Å²) >= 11 is 0. The average molecular weight is 315 g/mol. The molecule has 0 saturated heterocycles. The molecule has 0 radical (unpaired) electrons. The van der Waals surface area contributed by atoms with Crippen LogP contribution in [0.1, 0.15) is 31.9 Å². The van der Waals surface area contributed by atoms with Gasteiger partial charge in [-0.25, -0.2) is 9.59 Å². The molecule has 5 nitrogen and oxygen atoms in total. The molecule has 1 amide bonds. The lowest BCUT2D eigenvalue weighted by Gasteiger charge is -2.20. The van der Waals surface area contributed by atoms with Crippen molar-refractivity contribution in [2.45, 2.75) is 45.6 Å². The Morgan fingerprint density at radius 2 is 1.86 bits per heavy atom. The van der Waals surface area contributed by atoms with Crippen molar-refractivity contribution < 1.29 is 28.2 Å². The number of hydrogen-bond acceptors (Lipinski definition) is 3. The minimum absolute atomic E-state index is 0.166. The van der Waals surface area contributed by atoms with Crippen LogP contribution in [0.2, 0.25) is 0 Å². The number of anilines is 1. The van der Waals surface area contributed by atoms with Crippen LogP contribution in [0.5, 0.6) is 0 Å². The normalized spacial score (nSPS) is 11.9. The minimum atomic E-state index is -3.83. The van der Waals surface area contributed by atoms with Gasteiger partial charge in [0.25, 0.3) is 0 Å². The second-order valence-corrected chi connectivity index (χ2v) is 5.96. The molecule has 1 aromatic carbocycles. The van der Waals surface area contributed by atoms with Crippen molar-refractivity contribution in [3.05, 3.63) is 29.3 Å². The maximum atomic E-state index is 13.2. The highest BCUT2D eigenvalue weighted by Gasteiger charge is 2.38. The minimum Gasteiger partial charge on any atom is -0.477 e. The molecule has 0 aliphatic carbocycles. The zero-order valence-corrected chi connectivity index (χ0v) is 12.9. The van der Waals surface area contributed by atoms with E-state index in [1.165, 1.54) is 18.2 Å². The lowest BCUT2D eigenvalue weighted by Crippen LogP contribution is -2.30. The Morgan fingerprint density at radius 3 is 2.32 bits per heavy atom. The number of carbonyl (C=O) groups excluding carboxylic acids is 1. The third-order valence-corrected chi connectivity index (χ3v) is 2.67. The zero-order chi connectivity index (χ0) is 17.1. The van der Waals surface area contributed by atoms with E-state index in [-0.39, 0.29) is 5.56 Å². The van der Waals surface area contributed by atoms with Crippen molar-refractivity contribution in [1.29, 1.82) is 0 Å². The van der Waals surface area contributed by atoms with Crippen molar-refractivity contribution in [2.75, 3.05) is 5.32 Å². The van der Waals surface area contributed by atoms with E-state index in [0.29, 0.717) is 11.3 Å². The highest BCUT2D eigenvalue weighted by molar-refractivity contribution is 5.86. The molecule has 1 rings (SSSR count). The van der Waals surface area contributed by atoms with Crippen LogP contribution in [-0.4, -0.2) is 28.7 Å². The summed E-state index contributed by atoms with van der Waals surface area (Å²) in [7, 11) is 0. The Bertz CT molecular complexity index is 579. The van der Waals surface area contributed by atoms with Crippen molar-refractivity contribution in [1.82, 2.24) is 0 Å². The largest absolute Gasteiger partial charge is 0.477 e. The quantitative estimate of drug-likeness (QED) is 0.890. The van der Waals surface area contributed by atoms with Gasteiger partial charge in [-0.15, -0.1) is 0 Å². The van der Waals surface area contributed by atoms with Gasteiger partial charge in [0.15, 0.2) is 0 Å². The number of halogens is 2. The Morgan fingerprint density at radius 1 is 1.27 bits per heavy atom. The maximum Gasteiger partial charge on any atom is 0.412 e. The van der Waals surface area contributed by atoms with E-state index in [4.69, 9.17) is 9.84 Å². The van der Waals surface area contributed by atoms with E-state index in [2.05, 4.69) is 5.32 Å². The molecular formula is C15H19F2NO4. The smallest absolute Gasteiger partial charge is 0.412 e. The maximum absolute atomic E-state index is 13.2. The van der Waals surface area contributed by atoms with Crippen molar-refractivity contribution in [3.8, 4) is 0 Å². The average Bonchev–Trinajstić information content (AvgIpc) is 2.29. The van der Waals surface area contributed by atoms with Gasteiger partial charge in [-0.3, -0.25) is 5.32 Å². The van der Waals surface area contributed by atoms with Gasteiger partial charge in [-0.05, 0) is 44.9 Å². The predicted octanol–water partition coefficient (Wildman–Crippen LogP) is 3.60. The van der Waals surface area contributed by atoms with Crippen LogP contribution in [0, 0.1) is 6.92 Å². The van der Waals surface area contributed by atoms with Crippen molar-refractivity contribution >= 4 is 17.7 Å². The lowest BCUT2D eigenvalue weighted by molar-refractivity contribution is -0.164. The van der Waals surface area contributed by atoms with Crippen LogP contribution in [0.3, 0.4) is 0 Å². The van der Waals surface area contributed by atoms with Crippen LogP contribution in [0.4, 0.5) is 19.3 Å². The summed E-state index contributed by atoms with van der Waals surface area (Å²) in [5, 5.41) is 10.9. The molecule has 0 atom stereocenters. The molecular weight excluding hydrogens is 296 g/mol. The molecule has 7 heteroatoms. The van der Waals surface area contributed by atoms with E-state index < -0.39 is 30.0 Å². The molecule has 0 aliphatic heterocycles. The van der Waals surface area contributed by atoms with E-state index in [9.17, 15) is 18.4 Å². The Kier molecular flexibility index (Phi) is 5.11. The Balaban J connectivity index is 2.82. The van der Waals surface area contributed by atoms with Crippen LogP contribution in [0.15, 0.2) is 18.2 Å². The summed E-state index contributed by atoms with van der Waals surface area (Å²) in [5.74, 6) is -5.99. The highest BCUT2D eigenvalue weighted by Crippen LogP contribution is 2.24. The van der Waals surface area contributed by atoms with Gasteiger partial charge in [0.1, 0.15) is 5.60 Å². The molecule has 0 heterocycles. The lowest BCUT2D eigenvalue weighted by atomic mass is 10.0. The number of carbonyl (C=O) groups is 2. The summed E-state index contributed by atoms with van der Waals surface area (Å²) < 4.78 is 31.4. The van der Waals surface area contributed by atoms with Crippen LogP contribution < -0.4 is 5.32 Å². The summed E-state index contributed by atoms with van der Waals surface area (Å²) in [6.07, 6.45) is -1.56. The molecule has 2 N–H and O–H groups in total. The number of rotatable bonds is 4. The molecule has 0 aromatic heterocycles. The first-order valence-electron chi connectivity index (χ1n) is 6.61. The number of ether oxygens (including phenoxy) is 1. The monoisotopic (exact) mass is 315 g/mol. The number of nitrogens with one attached hydrogen (secondary N) is 1. The number of carboxylic acid groups (broad SMARTS) is 1. The SMILES string of the molecule is Cc1cc(CC(F)(F)C(=O)O)ccc1NC(=O)OC(C)(C)C. The number of aliphatic carboxylic acids is 1.